The zero-order valence-corrected chi connectivity index (χ0v) is 23.0. The number of H-pyrrole nitrogens is 1. The van der Waals surface area contributed by atoms with Crippen LogP contribution in [0, 0.1) is 20.8 Å². The summed E-state index contributed by atoms with van der Waals surface area (Å²) in [6.07, 6.45) is 10.3. The second-order valence-electron chi connectivity index (χ2n) is 11.9. The minimum atomic E-state index is 0.250. The summed E-state index contributed by atoms with van der Waals surface area (Å²) in [6, 6.07) is 0.761. The number of fused-ring (bicyclic) bond motifs is 2. The molecule has 2 aliphatic heterocycles. The van der Waals surface area contributed by atoms with E-state index in [0.717, 1.165) is 18.3 Å². The number of likely N-dealkylation sites (tertiary alicyclic amines) is 1. The van der Waals surface area contributed by atoms with Crippen LogP contribution in [0.2, 0.25) is 0 Å². The maximum atomic E-state index is 5.86. The maximum Gasteiger partial charge on any atom is 0.158 e. The zero-order valence-electron chi connectivity index (χ0n) is 22.1. The minimum Gasteiger partial charge on any atom is -0.372 e. The van der Waals surface area contributed by atoms with Gasteiger partial charge in [0.05, 0.1) is 17.9 Å². The van der Waals surface area contributed by atoms with Gasteiger partial charge in [0.1, 0.15) is 11.2 Å². The Morgan fingerprint density at radius 1 is 1.08 bits per heavy atom. The second kappa shape index (κ2) is 8.14. The predicted octanol–water partition coefficient (Wildman–Crippen LogP) is 6.49. The van der Waals surface area contributed by atoms with Gasteiger partial charge in [-0.05, 0) is 80.5 Å². The van der Waals surface area contributed by atoms with Crippen LogP contribution in [0.1, 0.15) is 84.9 Å². The molecule has 3 fully saturated rings. The quantitative estimate of drug-likeness (QED) is 0.346. The van der Waals surface area contributed by atoms with Crippen molar-refractivity contribution in [1.82, 2.24) is 24.5 Å². The van der Waals surface area contributed by atoms with Crippen LogP contribution in [0.4, 0.5) is 0 Å². The van der Waals surface area contributed by atoms with E-state index in [2.05, 4.69) is 60.8 Å². The van der Waals surface area contributed by atoms with Crippen LogP contribution in [0.15, 0.2) is 12.5 Å². The molecule has 1 N–H and O–H groups in total. The van der Waals surface area contributed by atoms with Crippen LogP contribution in [0.3, 0.4) is 0 Å². The molecule has 36 heavy (non-hydrogen) atoms. The Bertz CT molecular complexity index is 1460. The number of thiophene rings is 1. The van der Waals surface area contributed by atoms with Gasteiger partial charge in [0, 0.05) is 47.6 Å². The summed E-state index contributed by atoms with van der Waals surface area (Å²) in [5.41, 5.74) is 9.12. The second-order valence-corrected chi connectivity index (χ2v) is 12.9. The number of nitrogens with one attached hydrogen (secondary N) is 1. The highest BCUT2D eigenvalue weighted by atomic mass is 32.1. The summed E-state index contributed by atoms with van der Waals surface area (Å²) in [6.45, 7) is 14.7. The third-order valence-electron chi connectivity index (χ3n) is 9.47. The number of aryl methyl sites for hydroxylation is 2. The molecule has 1 aliphatic carbocycles. The molecule has 4 aromatic heterocycles. The highest BCUT2D eigenvalue weighted by Crippen LogP contribution is 2.48. The average molecular weight is 504 g/mol. The monoisotopic (exact) mass is 503 g/mol. The molecule has 6 heterocycles. The van der Waals surface area contributed by atoms with Crippen LogP contribution < -0.4 is 0 Å². The molecule has 7 heteroatoms. The van der Waals surface area contributed by atoms with Gasteiger partial charge >= 0.3 is 0 Å². The Hall–Kier alpha value is -2.22. The summed E-state index contributed by atoms with van der Waals surface area (Å²) in [5, 5.41) is 5.91. The smallest absolute Gasteiger partial charge is 0.158 e. The molecule has 0 bridgehead atoms. The van der Waals surface area contributed by atoms with Gasteiger partial charge in [-0.15, -0.1) is 11.3 Å². The molecule has 2 saturated heterocycles. The molecule has 6 nitrogen and oxygen atoms in total. The Morgan fingerprint density at radius 2 is 1.83 bits per heavy atom. The van der Waals surface area contributed by atoms with Crippen molar-refractivity contribution < 1.29 is 4.74 Å². The average Bonchev–Trinajstić information content (AvgIpc) is 3.50. The lowest BCUT2D eigenvalue weighted by Gasteiger charge is -2.58. The summed E-state index contributed by atoms with van der Waals surface area (Å²) >= 11 is 2.01. The van der Waals surface area contributed by atoms with Gasteiger partial charge in [0.2, 0.25) is 0 Å². The zero-order chi connectivity index (χ0) is 24.8. The molecule has 0 aromatic carbocycles. The Kier molecular flexibility index (Phi) is 5.19. The number of hydrogen-bond acceptors (Lipinski definition) is 5. The molecule has 0 unspecified atom stereocenters. The minimum absolute atomic E-state index is 0.250. The van der Waals surface area contributed by atoms with Crippen molar-refractivity contribution in [3.63, 3.8) is 0 Å². The lowest BCUT2D eigenvalue weighted by molar-refractivity contribution is -0.231. The highest BCUT2D eigenvalue weighted by Gasteiger charge is 2.51. The standard InChI is InChI=1S/C29H37N5OS/c1-16(2)23-24-19(5)26(20-6-8-21(9-7-20)33-13-29(14-33)10-11-35-29)36-28(24)32-25(23)22-12-34-27(30-15-31-34)18(4)17(22)3/h12,15-16,20-21,32H,6-11,13-14H2,1-5H3. The van der Waals surface area contributed by atoms with E-state index in [9.17, 15) is 0 Å². The molecule has 190 valence electrons. The number of ether oxygens (including phenoxy) is 1. The fraction of sp³-hybridized carbons (Fsp3) is 0.586. The third kappa shape index (κ3) is 3.28. The van der Waals surface area contributed by atoms with Crippen molar-refractivity contribution >= 4 is 27.2 Å². The van der Waals surface area contributed by atoms with E-state index in [1.54, 1.807) is 11.2 Å². The lowest BCUT2D eigenvalue weighted by atomic mass is 9.79. The van der Waals surface area contributed by atoms with Gasteiger partial charge in [0.25, 0.3) is 0 Å². The molecule has 0 radical (unpaired) electrons. The molecular weight excluding hydrogens is 466 g/mol. The number of hydrogen-bond donors (Lipinski definition) is 1. The maximum absolute atomic E-state index is 5.86. The fourth-order valence-corrected chi connectivity index (χ4v) is 8.57. The topological polar surface area (TPSA) is 58.5 Å². The van der Waals surface area contributed by atoms with Crippen LogP contribution >= 0.6 is 11.3 Å². The molecule has 0 atom stereocenters. The Labute approximate surface area is 217 Å². The van der Waals surface area contributed by atoms with Gasteiger partial charge in [-0.1, -0.05) is 13.8 Å². The van der Waals surface area contributed by atoms with E-state index in [1.165, 1.54) is 88.9 Å². The molecule has 1 spiro atoms. The first-order valence-electron chi connectivity index (χ1n) is 13.7. The molecule has 0 amide bonds. The van der Waals surface area contributed by atoms with E-state index in [-0.39, 0.29) is 5.60 Å². The Balaban J connectivity index is 1.19. The summed E-state index contributed by atoms with van der Waals surface area (Å²) in [5.74, 6) is 1.13. The van der Waals surface area contributed by atoms with E-state index < -0.39 is 0 Å². The van der Waals surface area contributed by atoms with Crippen molar-refractivity contribution in [1.29, 1.82) is 0 Å². The van der Waals surface area contributed by atoms with E-state index >= 15 is 0 Å². The fourth-order valence-electron chi connectivity index (χ4n) is 7.18. The molecule has 4 aromatic rings. The van der Waals surface area contributed by atoms with Gasteiger partial charge < -0.3 is 9.72 Å². The van der Waals surface area contributed by atoms with E-state index in [4.69, 9.17) is 4.74 Å². The van der Waals surface area contributed by atoms with E-state index in [0.29, 0.717) is 11.8 Å². The van der Waals surface area contributed by atoms with Gasteiger partial charge in [-0.2, -0.15) is 5.10 Å². The van der Waals surface area contributed by atoms with Crippen LogP contribution in [-0.2, 0) is 4.74 Å². The third-order valence-corrected chi connectivity index (χ3v) is 10.8. The number of aromatic amines is 1. The predicted molar refractivity (Wildman–Crippen MR) is 146 cm³/mol. The van der Waals surface area contributed by atoms with Gasteiger partial charge in [0.15, 0.2) is 5.65 Å². The first-order valence-corrected chi connectivity index (χ1v) is 14.5. The van der Waals surface area contributed by atoms with E-state index in [1.807, 2.05) is 15.9 Å². The van der Waals surface area contributed by atoms with Crippen molar-refractivity contribution in [3.05, 3.63) is 39.7 Å². The van der Waals surface area contributed by atoms with Gasteiger partial charge in [-0.3, -0.25) is 4.90 Å². The Morgan fingerprint density at radius 3 is 2.50 bits per heavy atom. The van der Waals surface area contributed by atoms with Crippen molar-refractivity contribution in [2.24, 2.45) is 0 Å². The van der Waals surface area contributed by atoms with Crippen molar-refractivity contribution in [2.75, 3.05) is 19.7 Å². The van der Waals surface area contributed by atoms with Crippen molar-refractivity contribution in [2.45, 2.75) is 90.2 Å². The van der Waals surface area contributed by atoms with Gasteiger partial charge in [-0.25, -0.2) is 9.50 Å². The number of rotatable bonds is 4. The van der Waals surface area contributed by atoms with Crippen LogP contribution in [-0.4, -0.2) is 55.8 Å². The normalized spacial score (nSPS) is 24.2. The highest BCUT2D eigenvalue weighted by molar-refractivity contribution is 7.19. The number of pyridine rings is 1. The summed E-state index contributed by atoms with van der Waals surface area (Å²) < 4.78 is 7.78. The first-order chi connectivity index (χ1) is 17.3. The van der Waals surface area contributed by atoms with Crippen molar-refractivity contribution in [3.8, 4) is 11.3 Å². The molecule has 7 rings (SSSR count). The first kappa shape index (κ1) is 22.9. The molecular formula is C29H37N5OS. The molecule has 1 saturated carbocycles. The lowest BCUT2D eigenvalue weighted by Crippen LogP contribution is -2.70. The summed E-state index contributed by atoms with van der Waals surface area (Å²) in [7, 11) is 0. The van der Waals surface area contributed by atoms with Crippen LogP contribution in [0.5, 0.6) is 0 Å². The SMILES string of the molecule is Cc1c(-c2[nH]c3sc(C4CCC(N5CC6(CCO6)C5)CC4)c(C)c3c2C(C)C)cn2ncnc2c1C. The summed E-state index contributed by atoms with van der Waals surface area (Å²) in [4.78, 5) is 14.0. The van der Waals surface area contributed by atoms with Crippen LogP contribution in [0.25, 0.3) is 27.1 Å². The number of aromatic nitrogens is 4. The number of nitrogens with zero attached hydrogens (tertiary/aromatic N) is 4. The molecule has 3 aliphatic rings. The largest absolute Gasteiger partial charge is 0.372 e.